The number of para-hydroxylation sites is 1. The number of carbonyl (C=O) groups excluding carboxylic acids is 1. The van der Waals surface area contributed by atoms with Gasteiger partial charge in [0.1, 0.15) is 12.3 Å². The molecule has 0 aliphatic heterocycles. The number of hydrogen-bond donors (Lipinski definition) is 2. The van der Waals surface area contributed by atoms with E-state index in [0.29, 0.717) is 11.3 Å². The molecule has 3 aromatic rings. The Kier molecular flexibility index (Phi) is 6.95. The van der Waals surface area contributed by atoms with Crippen molar-refractivity contribution in [3.05, 3.63) is 89.0 Å². The molecule has 0 aromatic heterocycles. The number of rotatable bonds is 7. The average Bonchev–Trinajstić information content (AvgIpc) is 2.74. The number of anilines is 1. The van der Waals surface area contributed by atoms with Crippen LogP contribution in [0.5, 0.6) is 5.75 Å². The van der Waals surface area contributed by atoms with Gasteiger partial charge >= 0.3 is 0 Å². The molecule has 3 rings (SSSR count). The van der Waals surface area contributed by atoms with Gasteiger partial charge in [-0.1, -0.05) is 47.5 Å². The third-order valence-electron chi connectivity index (χ3n) is 4.85. The molecule has 0 aliphatic rings. The molecule has 0 spiro atoms. The quantitative estimate of drug-likeness (QED) is 0.423. The van der Waals surface area contributed by atoms with Crippen LogP contribution >= 0.6 is 0 Å². The van der Waals surface area contributed by atoms with E-state index in [2.05, 4.69) is 10.5 Å². The Labute approximate surface area is 188 Å². The van der Waals surface area contributed by atoms with Crippen molar-refractivity contribution in [2.45, 2.75) is 25.7 Å². The highest BCUT2D eigenvalue weighted by Crippen LogP contribution is 2.27. The molecule has 0 bridgehead atoms. The first-order valence-corrected chi connectivity index (χ1v) is 11.4. The van der Waals surface area contributed by atoms with Crippen molar-refractivity contribution < 1.29 is 18.3 Å². The fourth-order valence-electron chi connectivity index (χ4n) is 3.16. The van der Waals surface area contributed by atoms with Gasteiger partial charge in [-0.2, -0.15) is 5.10 Å². The van der Waals surface area contributed by atoms with Gasteiger partial charge in [0.15, 0.2) is 0 Å². The Bertz CT molecular complexity index is 1250. The van der Waals surface area contributed by atoms with Gasteiger partial charge in [-0.25, -0.2) is 13.8 Å². The highest BCUT2D eigenvalue weighted by Gasteiger charge is 2.28. The Morgan fingerprint density at radius 2 is 1.66 bits per heavy atom. The number of sulfonamides is 1. The number of nitrogens with one attached hydrogen (secondary N) is 1. The Morgan fingerprint density at radius 3 is 2.31 bits per heavy atom. The standard InChI is InChI=1S/C24H25N3O4S/c1-17-8-11-21(12-9-17)32(30,31)27(22-13-10-18(2)14-19(22)3)16-24(29)26-25-15-20-6-4-5-7-23(20)28/h4-15,28H,16H2,1-3H3,(H,26,29)/b25-15-. The zero-order valence-electron chi connectivity index (χ0n) is 18.1. The summed E-state index contributed by atoms with van der Waals surface area (Å²) in [5.41, 5.74) is 5.81. The van der Waals surface area contributed by atoms with Crippen molar-refractivity contribution in [3.63, 3.8) is 0 Å². The number of aryl methyl sites for hydroxylation is 3. The van der Waals surface area contributed by atoms with Crippen molar-refractivity contribution in [1.29, 1.82) is 0 Å². The fraction of sp³-hybridized carbons (Fsp3) is 0.167. The largest absolute Gasteiger partial charge is 0.507 e. The number of nitrogens with zero attached hydrogens (tertiary/aromatic N) is 2. The van der Waals surface area contributed by atoms with Gasteiger partial charge in [0.25, 0.3) is 15.9 Å². The van der Waals surface area contributed by atoms with E-state index in [1.165, 1.54) is 24.4 Å². The Balaban J connectivity index is 1.90. The van der Waals surface area contributed by atoms with E-state index >= 15 is 0 Å². The van der Waals surface area contributed by atoms with Crippen molar-refractivity contribution in [2.75, 3.05) is 10.8 Å². The van der Waals surface area contributed by atoms with Crippen molar-refractivity contribution >= 4 is 27.8 Å². The molecule has 2 N–H and O–H groups in total. The third kappa shape index (κ3) is 5.33. The normalized spacial score (nSPS) is 11.5. The minimum absolute atomic E-state index is 0.0179. The second-order valence-electron chi connectivity index (χ2n) is 7.47. The maximum Gasteiger partial charge on any atom is 0.264 e. The first-order chi connectivity index (χ1) is 15.2. The molecule has 0 atom stereocenters. The van der Waals surface area contributed by atoms with Crippen LogP contribution < -0.4 is 9.73 Å². The molecule has 32 heavy (non-hydrogen) atoms. The van der Waals surface area contributed by atoms with Gasteiger partial charge in [-0.05, 0) is 56.7 Å². The molecule has 0 aliphatic carbocycles. The number of phenols is 1. The summed E-state index contributed by atoms with van der Waals surface area (Å²) in [4.78, 5) is 12.7. The lowest BCUT2D eigenvalue weighted by Gasteiger charge is -2.25. The molecule has 0 saturated heterocycles. The van der Waals surface area contributed by atoms with E-state index < -0.39 is 22.5 Å². The highest BCUT2D eigenvalue weighted by molar-refractivity contribution is 7.92. The number of phenolic OH excluding ortho intramolecular Hbond substituents is 1. The van der Waals surface area contributed by atoms with E-state index in [1.807, 2.05) is 19.9 Å². The van der Waals surface area contributed by atoms with E-state index in [4.69, 9.17) is 0 Å². The number of hydrogen-bond acceptors (Lipinski definition) is 5. The molecular formula is C24H25N3O4S. The van der Waals surface area contributed by atoms with Gasteiger partial charge < -0.3 is 5.11 Å². The molecule has 166 valence electrons. The number of amides is 1. The lowest BCUT2D eigenvalue weighted by molar-refractivity contribution is -0.119. The van der Waals surface area contributed by atoms with E-state index in [-0.39, 0.29) is 10.6 Å². The number of carbonyl (C=O) groups is 1. The SMILES string of the molecule is Cc1ccc(S(=O)(=O)N(CC(=O)N/N=C\c2ccccc2O)c2ccc(C)cc2C)cc1. The smallest absolute Gasteiger partial charge is 0.264 e. The maximum atomic E-state index is 13.4. The highest BCUT2D eigenvalue weighted by atomic mass is 32.2. The molecule has 8 heteroatoms. The van der Waals surface area contributed by atoms with Crippen LogP contribution in [0.3, 0.4) is 0 Å². The summed E-state index contributed by atoms with van der Waals surface area (Å²) < 4.78 is 27.9. The molecule has 0 heterocycles. The van der Waals surface area contributed by atoms with Crippen LogP contribution in [-0.4, -0.2) is 32.2 Å². The van der Waals surface area contributed by atoms with Crippen LogP contribution in [0, 0.1) is 20.8 Å². The summed E-state index contributed by atoms with van der Waals surface area (Å²) in [5.74, 6) is -0.600. The van der Waals surface area contributed by atoms with Crippen LogP contribution in [0.15, 0.2) is 76.7 Å². The summed E-state index contributed by atoms with van der Waals surface area (Å²) in [6, 6.07) is 18.3. The molecule has 0 fully saturated rings. The van der Waals surface area contributed by atoms with Gasteiger partial charge in [-0.3, -0.25) is 9.10 Å². The summed E-state index contributed by atoms with van der Waals surface area (Å²) in [5, 5.41) is 13.6. The van der Waals surface area contributed by atoms with Crippen LogP contribution in [-0.2, 0) is 14.8 Å². The molecular weight excluding hydrogens is 426 g/mol. The number of benzene rings is 3. The van der Waals surface area contributed by atoms with Gasteiger partial charge in [0.05, 0.1) is 16.8 Å². The second kappa shape index (κ2) is 9.65. The zero-order valence-corrected chi connectivity index (χ0v) is 18.9. The number of hydrazone groups is 1. The van der Waals surface area contributed by atoms with Gasteiger partial charge in [-0.15, -0.1) is 0 Å². The molecule has 7 nitrogen and oxygen atoms in total. The number of aromatic hydroxyl groups is 1. The van der Waals surface area contributed by atoms with Crippen LogP contribution in [0.4, 0.5) is 5.69 Å². The Morgan fingerprint density at radius 1 is 1.00 bits per heavy atom. The van der Waals surface area contributed by atoms with Crippen LogP contribution in [0.1, 0.15) is 22.3 Å². The fourth-order valence-corrected chi connectivity index (χ4v) is 4.64. The molecule has 1 amide bonds. The second-order valence-corrected chi connectivity index (χ2v) is 9.33. The van der Waals surface area contributed by atoms with Gasteiger partial charge in [0, 0.05) is 5.56 Å². The van der Waals surface area contributed by atoms with Crippen LogP contribution in [0.2, 0.25) is 0 Å². The predicted octanol–water partition coefficient (Wildman–Crippen LogP) is 3.66. The molecule has 0 unspecified atom stereocenters. The zero-order chi connectivity index (χ0) is 23.3. The molecule has 0 saturated carbocycles. The first kappa shape index (κ1) is 23.0. The lowest BCUT2D eigenvalue weighted by atomic mass is 10.1. The summed E-state index contributed by atoms with van der Waals surface area (Å²) in [6.07, 6.45) is 1.29. The monoisotopic (exact) mass is 451 g/mol. The topological polar surface area (TPSA) is 99.1 Å². The minimum atomic E-state index is -4.00. The summed E-state index contributed by atoms with van der Waals surface area (Å²) in [7, 11) is -4.00. The Hall–Kier alpha value is -3.65. The average molecular weight is 452 g/mol. The third-order valence-corrected chi connectivity index (χ3v) is 6.62. The molecule has 0 radical (unpaired) electrons. The minimum Gasteiger partial charge on any atom is -0.507 e. The van der Waals surface area contributed by atoms with E-state index in [1.54, 1.807) is 49.4 Å². The summed E-state index contributed by atoms with van der Waals surface area (Å²) in [6.45, 7) is 5.12. The predicted molar refractivity (Wildman–Crippen MR) is 125 cm³/mol. The van der Waals surface area contributed by atoms with E-state index in [9.17, 15) is 18.3 Å². The van der Waals surface area contributed by atoms with Gasteiger partial charge in [0.2, 0.25) is 0 Å². The van der Waals surface area contributed by atoms with Crippen LogP contribution in [0.25, 0.3) is 0 Å². The van der Waals surface area contributed by atoms with Crippen molar-refractivity contribution in [3.8, 4) is 5.75 Å². The lowest BCUT2D eigenvalue weighted by Crippen LogP contribution is -2.40. The molecule has 3 aromatic carbocycles. The first-order valence-electron chi connectivity index (χ1n) is 9.95. The summed E-state index contributed by atoms with van der Waals surface area (Å²) >= 11 is 0. The van der Waals surface area contributed by atoms with E-state index in [0.717, 1.165) is 21.0 Å². The van der Waals surface area contributed by atoms with Crippen molar-refractivity contribution in [1.82, 2.24) is 5.43 Å². The van der Waals surface area contributed by atoms with Crippen molar-refractivity contribution in [2.24, 2.45) is 5.10 Å². The maximum absolute atomic E-state index is 13.4.